The molecular formula is C12H8BrN3O2. The average Bonchev–Trinajstić information content (AvgIpc) is 2.77. The second kappa shape index (κ2) is 5.02. The predicted molar refractivity (Wildman–Crippen MR) is 68.5 cm³/mol. The molecule has 2 heterocycles. The molecule has 2 aromatic rings. The van der Waals surface area contributed by atoms with Crippen molar-refractivity contribution in [3.05, 3.63) is 40.3 Å². The quantitative estimate of drug-likeness (QED) is 0.484. The monoisotopic (exact) mass is 305 g/mol. The van der Waals surface area contributed by atoms with Crippen LogP contribution in [0.25, 0.3) is 11.7 Å². The van der Waals surface area contributed by atoms with Gasteiger partial charge in [-0.2, -0.15) is 5.26 Å². The van der Waals surface area contributed by atoms with E-state index in [0.717, 1.165) is 10.1 Å². The van der Waals surface area contributed by atoms with Crippen molar-refractivity contribution >= 4 is 33.6 Å². The molecule has 0 aliphatic rings. The third-order valence-corrected chi connectivity index (χ3v) is 2.79. The standard InChI is InChI=1S/C12H8BrN3O2/c1-18-12(17)8(5-14)4-10-6-15-11-3-2-9(13)7-16(10)11/h2-4,6-7H,1H3/b8-4-. The first-order valence-electron chi connectivity index (χ1n) is 4.98. The molecule has 0 amide bonds. The van der Waals surface area contributed by atoms with Gasteiger partial charge in [0.05, 0.1) is 19.0 Å². The van der Waals surface area contributed by atoms with Gasteiger partial charge in [-0.25, -0.2) is 9.78 Å². The summed E-state index contributed by atoms with van der Waals surface area (Å²) in [5.41, 5.74) is 1.29. The van der Waals surface area contributed by atoms with Crippen LogP contribution in [0.4, 0.5) is 0 Å². The number of imidazole rings is 1. The molecule has 0 aromatic carbocycles. The van der Waals surface area contributed by atoms with Crippen molar-refractivity contribution < 1.29 is 9.53 Å². The predicted octanol–water partition coefficient (Wildman–Crippen LogP) is 2.18. The summed E-state index contributed by atoms with van der Waals surface area (Å²) in [4.78, 5) is 15.5. The van der Waals surface area contributed by atoms with Crippen molar-refractivity contribution in [2.24, 2.45) is 0 Å². The van der Waals surface area contributed by atoms with Crippen LogP contribution in [0.5, 0.6) is 0 Å². The lowest BCUT2D eigenvalue weighted by Crippen LogP contribution is -2.03. The van der Waals surface area contributed by atoms with Crippen LogP contribution in [0.1, 0.15) is 5.69 Å². The lowest BCUT2D eigenvalue weighted by Gasteiger charge is -1.99. The van der Waals surface area contributed by atoms with Crippen LogP contribution in [0.3, 0.4) is 0 Å². The zero-order valence-corrected chi connectivity index (χ0v) is 11.0. The topological polar surface area (TPSA) is 67.4 Å². The van der Waals surface area contributed by atoms with E-state index in [0.29, 0.717) is 5.69 Å². The van der Waals surface area contributed by atoms with Gasteiger partial charge in [-0.3, -0.25) is 4.40 Å². The van der Waals surface area contributed by atoms with Crippen molar-refractivity contribution in [2.45, 2.75) is 0 Å². The SMILES string of the molecule is COC(=O)/C(C#N)=C\c1cnc2ccc(Br)cn12. The van der Waals surface area contributed by atoms with E-state index >= 15 is 0 Å². The molecule has 0 atom stereocenters. The van der Waals surface area contributed by atoms with E-state index in [2.05, 4.69) is 25.7 Å². The molecular weight excluding hydrogens is 298 g/mol. The van der Waals surface area contributed by atoms with Crippen LogP contribution < -0.4 is 0 Å². The molecule has 2 rings (SSSR count). The fraction of sp³-hybridized carbons (Fsp3) is 0.0833. The van der Waals surface area contributed by atoms with Gasteiger partial charge in [0.15, 0.2) is 0 Å². The largest absolute Gasteiger partial charge is 0.465 e. The molecule has 0 radical (unpaired) electrons. The maximum atomic E-state index is 11.3. The number of ether oxygens (including phenoxy) is 1. The van der Waals surface area contributed by atoms with E-state index < -0.39 is 5.97 Å². The van der Waals surface area contributed by atoms with Crippen molar-refractivity contribution in [1.82, 2.24) is 9.38 Å². The minimum Gasteiger partial charge on any atom is -0.465 e. The molecule has 0 saturated heterocycles. The maximum absolute atomic E-state index is 11.3. The van der Waals surface area contributed by atoms with E-state index in [9.17, 15) is 4.79 Å². The summed E-state index contributed by atoms with van der Waals surface area (Å²) < 4.78 is 7.16. The Hall–Kier alpha value is -2.13. The number of rotatable bonds is 2. The molecule has 0 saturated carbocycles. The third-order valence-electron chi connectivity index (χ3n) is 2.32. The Kier molecular flexibility index (Phi) is 3.44. The van der Waals surface area contributed by atoms with Gasteiger partial charge in [0.1, 0.15) is 17.3 Å². The zero-order chi connectivity index (χ0) is 13.1. The average molecular weight is 306 g/mol. The fourth-order valence-corrected chi connectivity index (χ4v) is 1.81. The van der Waals surface area contributed by atoms with Crippen LogP contribution in [-0.4, -0.2) is 22.5 Å². The van der Waals surface area contributed by atoms with Gasteiger partial charge in [-0.15, -0.1) is 0 Å². The number of carbonyl (C=O) groups excluding carboxylic acids is 1. The van der Waals surface area contributed by atoms with Gasteiger partial charge < -0.3 is 4.74 Å². The second-order valence-electron chi connectivity index (χ2n) is 3.42. The number of methoxy groups -OCH3 is 1. The van der Waals surface area contributed by atoms with Crippen LogP contribution in [0, 0.1) is 11.3 Å². The summed E-state index contributed by atoms with van der Waals surface area (Å²) in [6, 6.07) is 5.49. The molecule has 0 aliphatic heterocycles. The normalized spacial score (nSPS) is 11.3. The summed E-state index contributed by atoms with van der Waals surface area (Å²) in [7, 11) is 1.23. The van der Waals surface area contributed by atoms with Gasteiger partial charge in [-0.05, 0) is 34.1 Å². The first-order chi connectivity index (χ1) is 8.65. The summed E-state index contributed by atoms with van der Waals surface area (Å²) in [6.07, 6.45) is 4.83. The molecule has 0 unspecified atom stereocenters. The number of nitriles is 1. The van der Waals surface area contributed by atoms with Crippen molar-refractivity contribution in [3.63, 3.8) is 0 Å². The Morgan fingerprint density at radius 3 is 3.06 bits per heavy atom. The van der Waals surface area contributed by atoms with E-state index in [1.165, 1.54) is 13.2 Å². The van der Waals surface area contributed by atoms with E-state index in [1.54, 1.807) is 22.9 Å². The molecule has 0 bridgehead atoms. The number of carbonyl (C=O) groups is 1. The van der Waals surface area contributed by atoms with Crippen molar-refractivity contribution in [2.75, 3.05) is 7.11 Å². The van der Waals surface area contributed by atoms with Gasteiger partial charge in [0.2, 0.25) is 0 Å². The first-order valence-corrected chi connectivity index (χ1v) is 5.77. The Morgan fingerprint density at radius 2 is 2.39 bits per heavy atom. The molecule has 6 heteroatoms. The number of esters is 1. The summed E-state index contributed by atoms with van der Waals surface area (Å²) >= 11 is 3.35. The van der Waals surface area contributed by atoms with Crippen molar-refractivity contribution in [3.8, 4) is 6.07 Å². The zero-order valence-electron chi connectivity index (χ0n) is 9.42. The van der Waals surface area contributed by atoms with Crippen LogP contribution >= 0.6 is 15.9 Å². The van der Waals surface area contributed by atoms with Crippen LogP contribution in [0.15, 0.2) is 34.6 Å². The highest BCUT2D eigenvalue weighted by Crippen LogP contribution is 2.15. The molecule has 90 valence electrons. The van der Waals surface area contributed by atoms with E-state index in [1.807, 2.05) is 12.1 Å². The summed E-state index contributed by atoms with van der Waals surface area (Å²) in [6.45, 7) is 0. The number of hydrogen-bond acceptors (Lipinski definition) is 4. The summed E-state index contributed by atoms with van der Waals surface area (Å²) in [5, 5.41) is 8.89. The lowest BCUT2D eigenvalue weighted by atomic mass is 10.2. The van der Waals surface area contributed by atoms with Gasteiger partial charge in [-0.1, -0.05) is 0 Å². The molecule has 0 fully saturated rings. The Bertz CT molecular complexity index is 682. The Morgan fingerprint density at radius 1 is 1.61 bits per heavy atom. The highest BCUT2D eigenvalue weighted by atomic mass is 79.9. The van der Waals surface area contributed by atoms with Crippen LogP contribution in [0.2, 0.25) is 0 Å². The van der Waals surface area contributed by atoms with Crippen LogP contribution in [-0.2, 0) is 9.53 Å². The molecule has 5 nitrogen and oxygen atoms in total. The smallest absolute Gasteiger partial charge is 0.348 e. The summed E-state index contributed by atoms with van der Waals surface area (Å²) in [5.74, 6) is -0.664. The van der Waals surface area contributed by atoms with Gasteiger partial charge >= 0.3 is 5.97 Å². The lowest BCUT2D eigenvalue weighted by molar-refractivity contribution is -0.135. The highest BCUT2D eigenvalue weighted by Gasteiger charge is 2.10. The number of fused-ring (bicyclic) bond motifs is 1. The number of hydrogen-bond donors (Lipinski definition) is 0. The van der Waals surface area contributed by atoms with E-state index in [4.69, 9.17) is 5.26 Å². The molecule has 0 aliphatic carbocycles. The number of halogens is 1. The Balaban J connectivity index is 2.55. The number of aromatic nitrogens is 2. The Labute approximate surface area is 111 Å². The van der Waals surface area contributed by atoms with Crippen molar-refractivity contribution in [1.29, 1.82) is 5.26 Å². The van der Waals surface area contributed by atoms with Gasteiger partial charge in [0.25, 0.3) is 0 Å². The minimum atomic E-state index is -0.664. The third kappa shape index (κ3) is 2.26. The molecule has 2 aromatic heterocycles. The van der Waals surface area contributed by atoms with Gasteiger partial charge in [0, 0.05) is 10.7 Å². The molecule has 18 heavy (non-hydrogen) atoms. The number of pyridine rings is 1. The van der Waals surface area contributed by atoms with E-state index in [-0.39, 0.29) is 5.57 Å². The number of nitrogens with zero attached hydrogens (tertiary/aromatic N) is 3. The molecule has 0 N–H and O–H groups in total. The minimum absolute atomic E-state index is 0.0701. The first kappa shape index (κ1) is 12.3. The molecule has 0 spiro atoms. The second-order valence-corrected chi connectivity index (χ2v) is 4.34. The fourth-order valence-electron chi connectivity index (χ4n) is 1.47. The highest BCUT2D eigenvalue weighted by molar-refractivity contribution is 9.10. The maximum Gasteiger partial charge on any atom is 0.348 e.